The molecule has 0 radical (unpaired) electrons. The van der Waals surface area contributed by atoms with Crippen LogP contribution in [-0.2, 0) is 16.0 Å². The Balaban J connectivity index is 2.05. The summed E-state index contributed by atoms with van der Waals surface area (Å²) >= 11 is 1.41. The molecule has 2 rings (SSSR count). The highest BCUT2D eigenvalue weighted by atomic mass is 32.1. The van der Waals surface area contributed by atoms with Gasteiger partial charge in [-0.15, -0.1) is 11.3 Å². The molecule has 2 unspecified atom stereocenters. The number of carbonyl (C=O) groups is 2. The van der Waals surface area contributed by atoms with Crippen molar-refractivity contribution in [3.05, 3.63) is 35.3 Å². The maximum atomic E-state index is 12.1. The summed E-state index contributed by atoms with van der Waals surface area (Å²) in [5.74, 6) is -1.50. The van der Waals surface area contributed by atoms with Crippen molar-refractivity contribution in [2.45, 2.75) is 32.7 Å². The van der Waals surface area contributed by atoms with Crippen LogP contribution >= 0.6 is 11.3 Å². The number of nitrogens with zero attached hydrogens (tertiary/aromatic N) is 1. The Kier molecular flexibility index (Phi) is 5.92. The van der Waals surface area contributed by atoms with Crippen LogP contribution in [0.3, 0.4) is 0 Å². The third-order valence-corrected chi connectivity index (χ3v) is 4.80. The molecular weight excluding hydrogens is 326 g/mol. The average Bonchev–Trinajstić information content (AvgIpc) is 3.00. The first-order valence-electron chi connectivity index (χ1n) is 7.73. The number of aromatic nitrogens is 1. The molecule has 1 aromatic heterocycles. The molecule has 2 aromatic rings. The highest BCUT2D eigenvalue weighted by molar-refractivity contribution is 7.13. The number of carboxylic acids is 1. The minimum Gasteiger partial charge on any atom is -0.480 e. The van der Waals surface area contributed by atoms with E-state index < -0.39 is 12.0 Å². The fourth-order valence-electron chi connectivity index (χ4n) is 2.28. The summed E-state index contributed by atoms with van der Waals surface area (Å²) in [7, 11) is 0. The largest absolute Gasteiger partial charge is 0.480 e. The molecule has 4 N–H and O–H groups in total. The maximum absolute atomic E-state index is 12.1. The van der Waals surface area contributed by atoms with Crippen LogP contribution in [0.4, 0.5) is 5.69 Å². The molecule has 1 heterocycles. The molecule has 0 aliphatic heterocycles. The van der Waals surface area contributed by atoms with Gasteiger partial charge in [0.2, 0.25) is 5.91 Å². The Morgan fingerprint density at radius 3 is 2.71 bits per heavy atom. The number of nitrogen functional groups attached to an aromatic ring is 1. The van der Waals surface area contributed by atoms with Gasteiger partial charge in [-0.2, -0.15) is 0 Å². The first kappa shape index (κ1) is 17.9. The zero-order chi connectivity index (χ0) is 17.7. The molecule has 0 aliphatic carbocycles. The van der Waals surface area contributed by atoms with E-state index in [0.29, 0.717) is 17.8 Å². The lowest BCUT2D eigenvalue weighted by molar-refractivity contribution is -0.143. The summed E-state index contributed by atoms with van der Waals surface area (Å²) in [6.45, 7) is 3.70. The molecule has 1 aromatic carbocycles. The average molecular weight is 347 g/mol. The second kappa shape index (κ2) is 7.92. The number of hydrogen-bond donors (Lipinski definition) is 3. The molecule has 6 nitrogen and oxygen atoms in total. The summed E-state index contributed by atoms with van der Waals surface area (Å²) in [5, 5.41) is 14.3. The van der Waals surface area contributed by atoms with Gasteiger partial charge in [0.25, 0.3) is 0 Å². The number of carbonyl (C=O) groups excluding carboxylic acids is 1. The third kappa shape index (κ3) is 4.32. The van der Waals surface area contributed by atoms with Crippen molar-refractivity contribution in [2.24, 2.45) is 5.92 Å². The number of nitrogens with two attached hydrogens (primary N) is 1. The Labute approximate surface area is 144 Å². The smallest absolute Gasteiger partial charge is 0.326 e. The predicted octanol–water partition coefficient (Wildman–Crippen LogP) is 2.55. The number of carboxylic acid groups (broad SMARTS) is 1. The lowest BCUT2D eigenvalue weighted by atomic mass is 9.99. The van der Waals surface area contributed by atoms with Gasteiger partial charge in [-0.3, -0.25) is 4.79 Å². The van der Waals surface area contributed by atoms with Gasteiger partial charge >= 0.3 is 5.97 Å². The highest BCUT2D eigenvalue weighted by Gasteiger charge is 2.25. The number of para-hydroxylation sites is 1. The van der Waals surface area contributed by atoms with E-state index in [9.17, 15) is 14.7 Å². The predicted molar refractivity (Wildman–Crippen MR) is 94.7 cm³/mol. The Bertz CT molecular complexity index is 729. The van der Waals surface area contributed by atoms with Crippen LogP contribution in [0.2, 0.25) is 0 Å². The number of amides is 1. The van der Waals surface area contributed by atoms with Crippen molar-refractivity contribution in [1.29, 1.82) is 0 Å². The van der Waals surface area contributed by atoms with Crippen molar-refractivity contribution >= 4 is 28.9 Å². The number of nitrogens with one attached hydrogen (secondary N) is 1. The number of anilines is 1. The Morgan fingerprint density at radius 1 is 1.38 bits per heavy atom. The third-order valence-electron chi connectivity index (χ3n) is 3.88. The fourth-order valence-corrected chi connectivity index (χ4v) is 3.14. The molecule has 0 spiro atoms. The standard InChI is InChI=1S/C17H21N3O3S/c1-3-10(2)15(17(22)23)20-14(21)8-11-9-24-16(19-11)12-6-4-5-7-13(12)18/h4-7,9-10,15H,3,8,18H2,1-2H3,(H,20,21)(H,22,23). The van der Waals surface area contributed by atoms with E-state index in [1.165, 1.54) is 11.3 Å². The normalized spacial score (nSPS) is 13.2. The van der Waals surface area contributed by atoms with E-state index >= 15 is 0 Å². The summed E-state index contributed by atoms with van der Waals surface area (Å²) < 4.78 is 0. The van der Waals surface area contributed by atoms with Crippen molar-refractivity contribution < 1.29 is 14.7 Å². The first-order valence-corrected chi connectivity index (χ1v) is 8.61. The Morgan fingerprint density at radius 2 is 2.08 bits per heavy atom. The topological polar surface area (TPSA) is 105 Å². The van der Waals surface area contributed by atoms with Crippen molar-refractivity contribution in [1.82, 2.24) is 10.3 Å². The first-order chi connectivity index (χ1) is 11.4. The van der Waals surface area contributed by atoms with E-state index in [-0.39, 0.29) is 18.2 Å². The Hall–Kier alpha value is -2.41. The van der Waals surface area contributed by atoms with Crippen molar-refractivity contribution in [2.75, 3.05) is 5.73 Å². The van der Waals surface area contributed by atoms with Gasteiger partial charge in [0.15, 0.2) is 0 Å². The van der Waals surface area contributed by atoms with Crippen LogP contribution in [0.25, 0.3) is 10.6 Å². The van der Waals surface area contributed by atoms with Gasteiger partial charge in [0.1, 0.15) is 11.0 Å². The van der Waals surface area contributed by atoms with Crippen LogP contribution in [0.5, 0.6) is 0 Å². The van der Waals surface area contributed by atoms with Gasteiger partial charge in [-0.25, -0.2) is 9.78 Å². The summed E-state index contributed by atoms with van der Waals surface area (Å²) in [5.41, 5.74) is 7.99. The van der Waals surface area contributed by atoms with Gasteiger partial charge in [-0.05, 0) is 18.1 Å². The summed E-state index contributed by atoms with van der Waals surface area (Å²) in [6.07, 6.45) is 0.717. The van der Waals surface area contributed by atoms with E-state index in [1.54, 1.807) is 18.4 Å². The maximum Gasteiger partial charge on any atom is 0.326 e. The van der Waals surface area contributed by atoms with E-state index in [1.807, 2.05) is 25.1 Å². The van der Waals surface area contributed by atoms with Crippen LogP contribution in [0, 0.1) is 5.92 Å². The van der Waals surface area contributed by atoms with E-state index in [4.69, 9.17) is 5.73 Å². The monoisotopic (exact) mass is 347 g/mol. The molecule has 7 heteroatoms. The molecule has 2 atom stereocenters. The van der Waals surface area contributed by atoms with Gasteiger partial charge < -0.3 is 16.2 Å². The molecule has 0 saturated carbocycles. The van der Waals surface area contributed by atoms with E-state index in [2.05, 4.69) is 10.3 Å². The van der Waals surface area contributed by atoms with Gasteiger partial charge in [0, 0.05) is 16.6 Å². The van der Waals surface area contributed by atoms with Crippen molar-refractivity contribution in [3.8, 4) is 10.6 Å². The lowest BCUT2D eigenvalue weighted by Gasteiger charge is -2.19. The van der Waals surface area contributed by atoms with Crippen LogP contribution in [0.15, 0.2) is 29.6 Å². The van der Waals surface area contributed by atoms with Crippen LogP contribution in [-0.4, -0.2) is 28.0 Å². The highest BCUT2D eigenvalue weighted by Crippen LogP contribution is 2.28. The number of benzene rings is 1. The minimum absolute atomic E-state index is 0.0451. The molecule has 0 fully saturated rings. The summed E-state index contributed by atoms with van der Waals surface area (Å²) in [6, 6.07) is 6.52. The zero-order valence-corrected chi connectivity index (χ0v) is 14.5. The molecule has 0 aliphatic rings. The van der Waals surface area contributed by atoms with Gasteiger partial charge in [-0.1, -0.05) is 32.4 Å². The molecule has 128 valence electrons. The van der Waals surface area contributed by atoms with Gasteiger partial charge in [0.05, 0.1) is 12.1 Å². The molecule has 1 amide bonds. The number of thiazole rings is 1. The number of hydrogen-bond acceptors (Lipinski definition) is 5. The van der Waals surface area contributed by atoms with E-state index in [0.717, 1.165) is 10.6 Å². The summed E-state index contributed by atoms with van der Waals surface area (Å²) in [4.78, 5) is 27.8. The van der Waals surface area contributed by atoms with Crippen LogP contribution < -0.4 is 11.1 Å². The van der Waals surface area contributed by atoms with Crippen LogP contribution in [0.1, 0.15) is 26.0 Å². The molecular formula is C17H21N3O3S. The fraction of sp³-hybridized carbons (Fsp3) is 0.353. The molecule has 24 heavy (non-hydrogen) atoms. The minimum atomic E-state index is -1.02. The number of rotatable bonds is 7. The molecule has 0 bridgehead atoms. The SMILES string of the molecule is CCC(C)C(NC(=O)Cc1csc(-c2ccccc2N)n1)C(=O)O. The quantitative estimate of drug-likeness (QED) is 0.668. The van der Waals surface area contributed by atoms with Crippen molar-refractivity contribution in [3.63, 3.8) is 0 Å². The zero-order valence-electron chi connectivity index (χ0n) is 13.7. The second-order valence-corrected chi connectivity index (χ2v) is 6.54. The lowest BCUT2D eigenvalue weighted by Crippen LogP contribution is -2.45. The number of aliphatic carboxylic acids is 1. The molecule has 0 saturated heterocycles. The second-order valence-electron chi connectivity index (χ2n) is 5.68.